The summed E-state index contributed by atoms with van der Waals surface area (Å²) >= 11 is 0. The highest BCUT2D eigenvalue weighted by Gasteiger charge is 2.29. The average Bonchev–Trinajstić information content (AvgIpc) is 2.89. The van der Waals surface area contributed by atoms with E-state index in [9.17, 15) is 4.39 Å². The number of morpholine rings is 1. The Bertz CT molecular complexity index is 409. The molecule has 1 unspecified atom stereocenters. The van der Waals surface area contributed by atoms with Crippen molar-refractivity contribution >= 4 is 5.82 Å². The SMILES string of the molecule is Fc1cccc(N2CCC(N3CCOCC3)C2)n1. The van der Waals surface area contributed by atoms with Gasteiger partial charge in [0.25, 0.3) is 0 Å². The molecule has 0 N–H and O–H groups in total. The van der Waals surface area contributed by atoms with Gasteiger partial charge in [0.05, 0.1) is 13.2 Å². The van der Waals surface area contributed by atoms with Gasteiger partial charge in [0.1, 0.15) is 5.82 Å². The van der Waals surface area contributed by atoms with Crippen LogP contribution in [0.2, 0.25) is 0 Å². The van der Waals surface area contributed by atoms with Crippen molar-refractivity contribution in [3.05, 3.63) is 24.1 Å². The summed E-state index contributed by atoms with van der Waals surface area (Å²) in [5.74, 6) is 0.355. The second-order valence-corrected chi connectivity index (χ2v) is 4.86. The maximum atomic E-state index is 13.1. The molecular weight excluding hydrogens is 233 g/mol. The fraction of sp³-hybridized carbons (Fsp3) is 0.615. The zero-order valence-electron chi connectivity index (χ0n) is 10.4. The highest BCUT2D eigenvalue weighted by atomic mass is 19.1. The number of hydrogen-bond donors (Lipinski definition) is 0. The Hall–Kier alpha value is -1.20. The van der Waals surface area contributed by atoms with E-state index in [0.717, 1.165) is 51.6 Å². The van der Waals surface area contributed by atoms with Crippen molar-refractivity contribution in [2.24, 2.45) is 0 Å². The van der Waals surface area contributed by atoms with E-state index in [1.54, 1.807) is 6.07 Å². The minimum absolute atomic E-state index is 0.401. The summed E-state index contributed by atoms with van der Waals surface area (Å²) in [6, 6.07) is 5.54. The highest BCUT2D eigenvalue weighted by molar-refractivity contribution is 5.39. The van der Waals surface area contributed by atoms with Crippen molar-refractivity contribution in [1.82, 2.24) is 9.88 Å². The fourth-order valence-corrected chi connectivity index (χ4v) is 2.76. The van der Waals surface area contributed by atoms with Gasteiger partial charge < -0.3 is 9.64 Å². The van der Waals surface area contributed by atoms with Crippen LogP contribution in [0.25, 0.3) is 0 Å². The maximum absolute atomic E-state index is 13.1. The minimum Gasteiger partial charge on any atom is -0.379 e. The molecule has 0 spiro atoms. The molecule has 1 aromatic heterocycles. The number of nitrogens with zero attached hydrogens (tertiary/aromatic N) is 3. The summed E-state index contributed by atoms with van der Waals surface area (Å²) in [7, 11) is 0. The van der Waals surface area contributed by atoms with Crippen LogP contribution in [0, 0.1) is 5.95 Å². The van der Waals surface area contributed by atoms with E-state index >= 15 is 0 Å². The lowest BCUT2D eigenvalue weighted by Crippen LogP contribution is -2.44. The second-order valence-electron chi connectivity index (χ2n) is 4.86. The standard InChI is InChI=1S/C13H18FN3O/c14-12-2-1-3-13(15-12)17-5-4-11(10-17)16-6-8-18-9-7-16/h1-3,11H,4-10H2. The van der Waals surface area contributed by atoms with E-state index in [1.807, 2.05) is 6.07 Å². The van der Waals surface area contributed by atoms with Crippen molar-refractivity contribution in [2.45, 2.75) is 12.5 Å². The molecule has 0 radical (unpaired) electrons. The molecule has 2 aliphatic rings. The lowest BCUT2D eigenvalue weighted by Gasteiger charge is -2.32. The van der Waals surface area contributed by atoms with Crippen LogP contribution in [0.4, 0.5) is 10.2 Å². The molecule has 2 fully saturated rings. The molecule has 0 aliphatic carbocycles. The van der Waals surface area contributed by atoms with Gasteiger partial charge >= 0.3 is 0 Å². The van der Waals surface area contributed by atoms with Gasteiger partial charge in [-0.2, -0.15) is 4.39 Å². The van der Waals surface area contributed by atoms with Crippen molar-refractivity contribution in [3.8, 4) is 0 Å². The number of aromatic nitrogens is 1. The van der Waals surface area contributed by atoms with Crippen molar-refractivity contribution < 1.29 is 9.13 Å². The van der Waals surface area contributed by atoms with E-state index in [-0.39, 0.29) is 0 Å². The third-order valence-corrected chi connectivity index (χ3v) is 3.75. The molecule has 0 bridgehead atoms. The van der Waals surface area contributed by atoms with Crippen LogP contribution >= 0.6 is 0 Å². The molecule has 2 aliphatic heterocycles. The van der Waals surface area contributed by atoms with E-state index in [4.69, 9.17) is 4.74 Å². The van der Waals surface area contributed by atoms with Gasteiger partial charge in [0.2, 0.25) is 5.95 Å². The molecule has 4 nitrogen and oxygen atoms in total. The van der Waals surface area contributed by atoms with Crippen LogP contribution in [-0.4, -0.2) is 55.3 Å². The third kappa shape index (κ3) is 2.47. The maximum Gasteiger partial charge on any atom is 0.214 e. The third-order valence-electron chi connectivity index (χ3n) is 3.75. The second kappa shape index (κ2) is 5.20. The first kappa shape index (κ1) is 11.9. The minimum atomic E-state index is -0.401. The first-order valence-electron chi connectivity index (χ1n) is 6.52. The highest BCUT2D eigenvalue weighted by Crippen LogP contribution is 2.22. The number of rotatable bonds is 2. The van der Waals surface area contributed by atoms with E-state index in [2.05, 4.69) is 14.8 Å². The molecule has 0 saturated carbocycles. The Labute approximate surface area is 106 Å². The summed E-state index contributed by atoms with van der Waals surface area (Å²) in [6.07, 6.45) is 1.12. The monoisotopic (exact) mass is 251 g/mol. The molecule has 0 amide bonds. The van der Waals surface area contributed by atoms with Crippen LogP contribution in [0.3, 0.4) is 0 Å². The molecule has 2 saturated heterocycles. The Morgan fingerprint density at radius 2 is 2.06 bits per heavy atom. The number of hydrogen-bond acceptors (Lipinski definition) is 4. The molecule has 1 aromatic rings. The quantitative estimate of drug-likeness (QED) is 0.737. The summed E-state index contributed by atoms with van der Waals surface area (Å²) in [5, 5.41) is 0. The van der Waals surface area contributed by atoms with Crippen LogP contribution < -0.4 is 4.90 Å². The normalized spacial score (nSPS) is 25.6. The lowest BCUT2D eigenvalue weighted by molar-refractivity contribution is 0.0209. The topological polar surface area (TPSA) is 28.6 Å². The predicted octanol–water partition coefficient (Wildman–Crippen LogP) is 1.13. The van der Waals surface area contributed by atoms with Crippen molar-refractivity contribution in [2.75, 3.05) is 44.3 Å². The van der Waals surface area contributed by atoms with E-state index < -0.39 is 5.95 Å². The summed E-state index contributed by atoms with van der Waals surface area (Å²) < 4.78 is 18.5. The summed E-state index contributed by atoms with van der Waals surface area (Å²) in [6.45, 7) is 5.57. The molecule has 1 atom stereocenters. The van der Waals surface area contributed by atoms with Gasteiger partial charge in [-0.3, -0.25) is 4.90 Å². The Kier molecular flexibility index (Phi) is 3.43. The molecule has 3 rings (SSSR count). The average molecular weight is 251 g/mol. The van der Waals surface area contributed by atoms with Gasteiger partial charge in [0.15, 0.2) is 0 Å². The molecule has 0 aromatic carbocycles. The Morgan fingerprint density at radius 3 is 2.83 bits per heavy atom. The summed E-state index contributed by atoms with van der Waals surface area (Å²) in [4.78, 5) is 8.60. The number of pyridine rings is 1. The fourth-order valence-electron chi connectivity index (χ4n) is 2.76. The van der Waals surface area contributed by atoms with E-state index in [1.165, 1.54) is 6.07 Å². The van der Waals surface area contributed by atoms with Crippen LogP contribution in [0.15, 0.2) is 18.2 Å². The van der Waals surface area contributed by atoms with Gasteiger partial charge in [-0.15, -0.1) is 0 Å². The smallest absolute Gasteiger partial charge is 0.214 e. The first-order chi connectivity index (χ1) is 8.83. The summed E-state index contributed by atoms with van der Waals surface area (Å²) in [5.41, 5.74) is 0. The van der Waals surface area contributed by atoms with Crippen LogP contribution in [0.1, 0.15) is 6.42 Å². The largest absolute Gasteiger partial charge is 0.379 e. The van der Waals surface area contributed by atoms with Gasteiger partial charge in [-0.1, -0.05) is 6.07 Å². The predicted molar refractivity (Wildman–Crippen MR) is 67.2 cm³/mol. The molecule has 18 heavy (non-hydrogen) atoms. The zero-order valence-corrected chi connectivity index (χ0v) is 10.4. The molecule has 3 heterocycles. The zero-order chi connectivity index (χ0) is 12.4. The van der Waals surface area contributed by atoms with Gasteiger partial charge in [0, 0.05) is 32.2 Å². The van der Waals surface area contributed by atoms with Crippen LogP contribution in [0.5, 0.6) is 0 Å². The van der Waals surface area contributed by atoms with Gasteiger partial charge in [-0.25, -0.2) is 4.98 Å². The Balaban J connectivity index is 1.64. The van der Waals surface area contributed by atoms with Gasteiger partial charge in [-0.05, 0) is 18.6 Å². The number of ether oxygens (including phenoxy) is 1. The Morgan fingerprint density at radius 1 is 1.22 bits per heavy atom. The lowest BCUT2D eigenvalue weighted by atomic mass is 10.2. The number of halogens is 1. The molecular formula is C13H18FN3O. The molecule has 5 heteroatoms. The number of anilines is 1. The van der Waals surface area contributed by atoms with Crippen molar-refractivity contribution in [3.63, 3.8) is 0 Å². The van der Waals surface area contributed by atoms with E-state index in [0.29, 0.717) is 6.04 Å². The molecule has 98 valence electrons. The first-order valence-corrected chi connectivity index (χ1v) is 6.52. The van der Waals surface area contributed by atoms with Crippen LogP contribution in [-0.2, 0) is 4.74 Å². The van der Waals surface area contributed by atoms with Crippen molar-refractivity contribution in [1.29, 1.82) is 0 Å².